The summed E-state index contributed by atoms with van der Waals surface area (Å²) in [5.74, 6) is -1.44. The normalized spacial score (nSPS) is 12.0. The molecule has 2 unspecified atom stereocenters. The van der Waals surface area contributed by atoms with Crippen LogP contribution in [0.2, 0.25) is 10.0 Å². The van der Waals surface area contributed by atoms with Gasteiger partial charge in [-0.05, 0) is 66.6 Å². The van der Waals surface area contributed by atoms with Crippen LogP contribution < -0.4 is 0 Å². The number of hydrogen-bond donors (Lipinski definition) is 1. The highest BCUT2D eigenvalue weighted by Gasteiger charge is 2.20. The van der Waals surface area contributed by atoms with Gasteiger partial charge in [-0.1, -0.05) is 59.6 Å². The van der Waals surface area contributed by atoms with E-state index in [2.05, 4.69) is 9.97 Å². The van der Waals surface area contributed by atoms with Crippen molar-refractivity contribution in [1.29, 1.82) is 0 Å². The molecule has 2 aromatic carbocycles. The lowest BCUT2D eigenvalue weighted by atomic mass is 9.92. The minimum absolute atomic E-state index is 0.0125. The summed E-state index contributed by atoms with van der Waals surface area (Å²) in [4.78, 5) is 31.3. The lowest BCUT2D eigenvalue weighted by Gasteiger charge is -2.16. The van der Waals surface area contributed by atoms with Crippen LogP contribution in [0, 0.1) is 0 Å². The first-order valence-electron chi connectivity index (χ1n) is 12.1. The van der Waals surface area contributed by atoms with Crippen LogP contribution in [-0.2, 0) is 14.3 Å². The number of carboxylic acid groups (broad SMARTS) is 1. The number of nitrogens with zero attached hydrogens (tertiary/aromatic N) is 2. The topological polar surface area (TPSA) is 89.4 Å². The Labute approximate surface area is 232 Å². The van der Waals surface area contributed by atoms with Gasteiger partial charge in [0.25, 0.3) is 0 Å². The molecule has 0 saturated carbocycles. The van der Waals surface area contributed by atoms with Crippen LogP contribution in [0.15, 0.2) is 97.3 Å². The molecule has 6 nitrogen and oxygen atoms in total. The Bertz CT molecular complexity index is 1290. The van der Waals surface area contributed by atoms with Crippen LogP contribution in [0.25, 0.3) is 0 Å². The second kappa shape index (κ2) is 14.9. The third-order valence-electron chi connectivity index (χ3n) is 5.69. The Morgan fingerprint density at radius 1 is 0.737 bits per heavy atom. The van der Waals surface area contributed by atoms with Crippen molar-refractivity contribution < 1.29 is 19.4 Å². The van der Waals surface area contributed by atoms with Gasteiger partial charge in [-0.25, -0.2) is 0 Å². The Morgan fingerprint density at radius 3 is 1.55 bits per heavy atom. The summed E-state index contributed by atoms with van der Waals surface area (Å²) in [6.45, 7) is 2.18. The van der Waals surface area contributed by atoms with E-state index in [4.69, 9.17) is 33.0 Å². The first kappa shape index (κ1) is 28.8. The molecule has 2 aromatic heterocycles. The quantitative estimate of drug-likeness (QED) is 0.222. The van der Waals surface area contributed by atoms with Crippen LogP contribution >= 0.6 is 23.2 Å². The summed E-state index contributed by atoms with van der Waals surface area (Å²) in [6, 6.07) is 25.8. The fourth-order valence-corrected chi connectivity index (χ4v) is 4.15. The summed E-state index contributed by atoms with van der Waals surface area (Å²) < 4.78 is 5.05. The van der Waals surface area contributed by atoms with Gasteiger partial charge < -0.3 is 9.84 Å². The van der Waals surface area contributed by atoms with Crippen molar-refractivity contribution in [3.8, 4) is 0 Å². The molecule has 0 amide bonds. The molecule has 0 aliphatic heterocycles. The standard InChI is InChI=1S/C16H16ClNO2.C14H12ClNO2/c1-2-20-16(19)11-14(15-5-3-4-10-18-15)12-6-8-13(17)9-7-12;15-11-6-4-10(5-7-11)12(9-14(17)18)13-3-1-2-8-16-13/h3-10,14H,2,11H2,1H3;1-8,12H,9H2,(H,17,18). The number of halogens is 2. The number of benzene rings is 2. The van der Waals surface area contributed by atoms with E-state index < -0.39 is 5.97 Å². The van der Waals surface area contributed by atoms with Crippen LogP contribution in [0.4, 0.5) is 0 Å². The molecule has 4 aromatic rings. The summed E-state index contributed by atoms with van der Waals surface area (Å²) in [5.41, 5.74) is 3.51. The van der Waals surface area contributed by atoms with Crippen molar-refractivity contribution >= 4 is 35.1 Å². The number of rotatable bonds is 9. The highest BCUT2D eigenvalue weighted by Crippen LogP contribution is 2.29. The zero-order chi connectivity index (χ0) is 27.3. The Balaban J connectivity index is 0.000000212. The molecule has 0 spiro atoms. The van der Waals surface area contributed by atoms with Gasteiger partial charge in [0.1, 0.15) is 0 Å². The molecule has 0 radical (unpaired) electrons. The molecule has 0 saturated heterocycles. The number of carbonyl (C=O) groups excluding carboxylic acids is 1. The molecular weight excluding hydrogens is 523 g/mol. The lowest BCUT2D eigenvalue weighted by Crippen LogP contribution is -2.12. The van der Waals surface area contributed by atoms with E-state index >= 15 is 0 Å². The molecule has 0 bridgehead atoms. The zero-order valence-corrected chi connectivity index (χ0v) is 22.3. The molecule has 0 aliphatic rings. The first-order valence-corrected chi connectivity index (χ1v) is 12.8. The van der Waals surface area contributed by atoms with E-state index in [-0.39, 0.29) is 30.6 Å². The van der Waals surface area contributed by atoms with Gasteiger partial charge in [-0.15, -0.1) is 0 Å². The second-order valence-corrected chi connectivity index (χ2v) is 9.20. The van der Waals surface area contributed by atoms with Gasteiger partial charge in [0.2, 0.25) is 0 Å². The summed E-state index contributed by atoms with van der Waals surface area (Å²) >= 11 is 11.7. The van der Waals surface area contributed by atoms with Gasteiger partial charge in [-0.2, -0.15) is 0 Å². The average molecular weight is 551 g/mol. The molecule has 196 valence electrons. The van der Waals surface area contributed by atoms with Gasteiger partial charge in [0.15, 0.2) is 0 Å². The van der Waals surface area contributed by atoms with E-state index in [9.17, 15) is 9.59 Å². The van der Waals surface area contributed by atoms with E-state index in [1.807, 2.05) is 72.8 Å². The van der Waals surface area contributed by atoms with Gasteiger partial charge in [0, 0.05) is 45.7 Å². The molecule has 8 heteroatoms. The molecular formula is C30H28Cl2N2O4. The maximum Gasteiger partial charge on any atom is 0.306 e. The number of pyridine rings is 2. The maximum atomic E-state index is 11.8. The number of ether oxygens (including phenoxy) is 1. The summed E-state index contributed by atoms with van der Waals surface area (Å²) in [7, 11) is 0. The summed E-state index contributed by atoms with van der Waals surface area (Å²) in [6.07, 6.45) is 3.68. The second-order valence-electron chi connectivity index (χ2n) is 8.32. The molecule has 0 fully saturated rings. The predicted molar refractivity (Wildman–Crippen MR) is 149 cm³/mol. The Kier molecular flexibility index (Phi) is 11.3. The fourth-order valence-electron chi connectivity index (χ4n) is 3.90. The van der Waals surface area contributed by atoms with Crippen molar-refractivity contribution in [2.24, 2.45) is 0 Å². The molecule has 2 heterocycles. The number of carboxylic acids is 1. The zero-order valence-electron chi connectivity index (χ0n) is 20.8. The van der Waals surface area contributed by atoms with Crippen molar-refractivity contribution in [3.05, 3.63) is 130 Å². The summed E-state index contributed by atoms with van der Waals surface area (Å²) in [5, 5.41) is 10.3. The number of aliphatic carboxylic acids is 1. The van der Waals surface area contributed by atoms with Crippen LogP contribution in [-0.4, -0.2) is 33.6 Å². The highest BCUT2D eigenvalue weighted by molar-refractivity contribution is 6.30. The number of aromatic nitrogens is 2. The van der Waals surface area contributed by atoms with Gasteiger partial charge in [0.05, 0.1) is 19.4 Å². The van der Waals surface area contributed by atoms with Crippen LogP contribution in [0.1, 0.15) is 54.1 Å². The smallest absolute Gasteiger partial charge is 0.306 e. The molecule has 38 heavy (non-hydrogen) atoms. The number of carbonyl (C=O) groups is 2. The molecule has 4 rings (SSSR count). The number of hydrogen-bond acceptors (Lipinski definition) is 5. The van der Waals surface area contributed by atoms with Gasteiger partial charge >= 0.3 is 11.9 Å². The largest absolute Gasteiger partial charge is 0.481 e. The molecule has 2 atom stereocenters. The average Bonchev–Trinajstić information content (AvgIpc) is 2.93. The van der Waals surface area contributed by atoms with E-state index in [0.717, 1.165) is 22.5 Å². The Morgan fingerprint density at radius 2 is 1.18 bits per heavy atom. The van der Waals surface area contributed by atoms with Gasteiger partial charge in [-0.3, -0.25) is 19.6 Å². The molecule has 1 N–H and O–H groups in total. The predicted octanol–water partition coefficient (Wildman–Crippen LogP) is 7.16. The SMILES string of the molecule is CCOC(=O)CC(c1ccc(Cl)cc1)c1ccccn1.O=C(O)CC(c1ccc(Cl)cc1)c1ccccn1. The van der Waals surface area contributed by atoms with Crippen LogP contribution in [0.5, 0.6) is 0 Å². The third-order valence-corrected chi connectivity index (χ3v) is 6.19. The minimum Gasteiger partial charge on any atom is -0.481 e. The van der Waals surface area contributed by atoms with Crippen molar-refractivity contribution in [2.75, 3.05) is 6.61 Å². The minimum atomic E-state index is -0.847. The monoisotopic (exact) mass is 550 g/mol. The number of esters is 1. The maximum absolute atomic E-state index is 11.8. The Hall–Kier alpha value is -3.74. The van der Waals surface area contributed by atoms with Crippen molar-refractivity contribution in [1.82, 2.24) is 9.97 Å². The first-order chi connectivity index (χ1) is 18.4. The fraction of sp³-hybridized carbons (Fsp3) is 0.200. The highest BCUT2D eigenvalue weighted by atomic mass is 35.5. The van der Waals surface area contributed by atoms with Crippen molar-refractivity contribution in [2.45, 2.75) is 31.6 Å². The molecule has 0 aliphatic carbocycles. The third kappa shape index (κ3) is 8.98. The van der Waals surface area contributed by atoms with E-state index in [1.54, 1.807) is 31.5 Å². The van der Waals surface area contributed by atoms with E-state index in [1.165, 1.54) is 0 Å². The van der Waals surface area contributed by atoms with Crippen LogP contribution in [0.3, 0.4) is 0 Å². The van der Waals surface area contributed by atoms with Crippen molar-refractivity contribution in [3.63, 3.8) is 0 Å². The van der Waals surface area contributed by atoms with E-state index in [0.29, 0.717) is 16.7 Å². The lowest BCUT2D eigenvalue weighted by molar-refractivity contribution is -0.143.